The van der Waals surface area contributed by atoms with Crippen molar-refractivity contribution in [3.05, 3.63) is 70.6 Å². The Labute approximate surface area is 189 Å². The molecule has 1 aromatic carbocycles. The van der Waals surface area contributed by atoms with Gasteiger partial charge in [-0.2, -0.15) is 0 Å². The first-order valence-electron chi connectivity index (χ1n) is 10.5. The molecule has 1 aliphatic heterocycles. The Morgan fingerprint density at radius 3 is 2.44 bits per heavy atom. The fourth-order valence-corrected chi connectivity index (χ4v) is 4.21. The van der Waals surface area contributed by atoms with Gasteiger partial charge in [0.05, 0.1) is 18.4 Å². The van der Waals surface area contributed by atoms with Crippen LogP contribution in [0.15, 0.2) is 52.5 Å². The van der Waals surface area contributed by atoms with Crippen molar-refractivity contribution >= 4 is 34.2 Å². The number of hydrogen-bond acceptors (Lipinski definition) is 6. The minimum atomic E-state index is -0.382. The highest BCUT2D eigenvalue weighted by atomic mass is 32.1. The van der Waals surface area contributed by atoms with Crippen LogP contribution in [0.1, 0.15) is 39.1 Å². The third-order valence-corrected chi connectivity index (χ3v) is 6.18. The Morgan fingerprint density at radius 2 is 1.78 bits per heavy atom. The molecule has 1 N–H and O–H groups in total. The molecule has 0 aliphatic carbocycles. The molecular formula is C23H24N4O4S. The van der Waals surface area contributed by atoms with E-state index in [1.165, 1.54) is 23.2 Å². The lowest BCUT2D eigenvalue weighted by Crippen LogP contribution is -2.51. The molecule has 3 amide bonds. The molecule has 0 unspecified atom stereocenters. The second-order valence-corrected chi connectivity index (χ2v) is 8.33. The standard InChI is InChI=1S/C23H24N4O4S/c1-2-16-5-7-17(8-6-16)22(30)27-11-9-26(10-12-27)20(28)14-18-15-32-23(24-18)25-21(29)19-4-3-13-31-19/h3-8,13,15H,2,9-12,14H2,1H3,(H,24,25,29). The average molecular weight is 453 g/mol. The number of piperazine rings is 1. The highest BCUT2D eigenvalue weighted by Gasteiger charge is 2.25. The summed E-state index contributed by atoms with van der Waals surface area (Å²) in [6.45, 7) is 4.06. The van der Waals surface area contributed by atoms with Crippen molar-refractivity contribution in [2.75, 3.05) is 31.5 Å². The summed E-state index contributed by atoms with van der Waals surface area (Å²) >= 11 is 1.26. The fourth-order valence-electron chi connectivity index (χ4n) is 3.50. The Morgan fingerprint density at radius 1 is 1.06 bits per heavy atom. The summed E-state index contributed by atoms with van der Waals surface area (Å²) in [5.41, 5.74) is 2.47. The number of rotatable bonds is 6. The molecule has 1 saturated heterocycles. The van der Waals surface area contributed by atoms with Crippen LogP contribution in [0, 0.1) is 0 Å². The van der Waals surface area contributed by atoms with E-state index in [0.717, 1.165) is 6.42 Å². The summed E-state index contributed by atoms with van der Waals surface area (Å²) < 4.78 is 5.06. The van der Waals surface area contributed by atoms with Gasteiger partial charge < -0.3 is 14.2 Å². The van der Waals surface area contributed by atoms with E-state index in [1.54, 1.807) is 27.3 Å². The minimum Gasteiger partial charge on any atom is -0.459 e. The molecule has 1 aliphatic rings. The van der Waals surface area contributed by atoms with E-state index in [-0.39, 0.29) is 29.9 Å². The molecule has 166 valence electrons. The van der Waals surface area contributed by atoms with Crippen LogP contribution in [-0.2, 0) is 17.6 Å². The first-order valence-corrected chi connectivity index (χ1v) is 11.4. The van der Waals surface area contributed by atoms with E-state index in [9.17, 15) is 14.4 Å². The summed E-state index contributed by atoms with van der Waals surface area (Å²) in [7, 11) is 0. The van der Waals surface area contributed by atoms with Crippen LogP contribution in [-0.4, -0.2) is 58.7 Å². The van der Waals surface area contributed by atoms with Crippen LogP contribution in [0.4, 0.5) is 5.13 Å². The van der Waals surface area contributed by atoms with E-state index in [0.29, 0.717) is 42.6 Å². The topological polar surface area (TPSA) is 95.8 Å². The molecule has 0 radical (unpaired) electrons. The Bertz CT molecular complexity index is 1080. The summed E-state index contributed by atoms with van der Waals surface area (Å²) in [5.74, 6) is -0.228. The molecule has 3 heterocycles. The zero-order chi connectivity index (χ0) is 22.5. The van der Waals surface area contributed by atoms with Gasteiger partial charge in [-0.25, -0.2) is 4.98 Å². The molecule has 0 bridgehead atoms. The minimum absolute atomic E-state index is 0.00352. The first kappa shape index (κ1) is 21.8. The second-order valence-electron chi connectivity index (χ2n) is 7.48. The van der Waals surface area contributed by atoms with Crippen LogP contribution in [0.2, 0.25) is 0 Å². The number of amides is 3. The zero-order valence-electron chi connectivity index (χ0n) is 17.7. The lowest BCUT2D eigenvalue weighted by Gasteiger charge is -2.34. The molecule has 1 fully saturated rings. The number of carbonyl (C=O) groups excluding carboxylic acids is 3. The van der Waals surface area contributed by atoms with Gasteiger partial charge in [-0.1, -0.05) is 19.1 Å². The van der Waals surface area contributed by atoms with Gasteiger partial charge in [0.15, 0.2) is 10.9 Å². The largest absolute Gasteiger partial charge is 0.459 e. The maximum Gasteiger partial charge on any atom is 0.293 e. The molecular weight excluding hydrogens is 428 g/mol. The van der Waals surface area contributed by atoms with Crippen molar-refractivity contribution in [2.45, 2.75) is 19.8 Å². The molecule has 2 aromatic heterocycles. The molecule has 8 nitrogen and oxygen atoms in total. The third kappa shape index (κ3) is 5.05. The number of benzene rings is 1. The Kier molecular flexibility index (Phi) is 6.65. The SMILES string of the molecule is CCc1ccc(C(=O)N2CCN(C(=O)Cc3csc(NC(=O)c4ccco4)n3)CC2)cc1. The lowest BCUT2D eigenvalue weighted by atomic mass is 10.1. The average Bonchev–Trinajstić information content (AvgIpc) is 3.51. The summed E-state index contributed by atoms with van der Waals surface area (Å²) in [4.78, 5) is 45.3. The van der Waals surface area contributed by atoms with Crippen LogP contribution >= 0.6 is 11.3 Å². The summed E-state index contributed by atoms with van der Waals surface area (Å²) in [6, 6.07) is 10.9. The number of thiazole rings is 1. The van der Waals surface area contributed by atoms with Crippen molar-refractivity contribution in [3.63, 3.8) is 0 Å². The molecule has 0 spiro atoms. The summed E-state index contributed by atoms with van der Waals surface area (Å²) in [5, 5.41) is 4.84. The lowest BCUT2D eigenvalue weighted by molar-refractivity contribution is -0.132. The second kappa shape index (κ2) is 9.78. The predicted octanol–water partition coefficient (Wildman–Crippen LogP) is 3.08. The smallest absolute Gasteiger partial charge is 0.293 e. The zero-order valence-corrected chi connectivity index (χ0v) is 18.6. The normalized spacial score (nSPS) is 13.8. The third-order valence-electron chi connectivity index (χ3n) is 5.38. The number of carbonyl (C=O) groups is 3. The Hall–Kier alpha value is -3.46. The molecule has 32 heavy (non-hydrogen) atoms. The number of furan rings is 1. The van der Waals surface area contributed by atoms with E-state index in [2.05, 4.69) is 17.2 Å². The van der Waals surface area contributed by atoms with Crippen molar-refractivity contribution in [3.8, 4) is 0 Å². The van der Waals surface area contributed by atoms with Gasteiger partial charge in [-0.05, 0) is 36.2 Å². The maximum atomic E-state index is 12.7. The van der Waals surface area contributed by atoms with Gasteiger partial charge in [0.25, 0.3) is 11.8 Å². The van der Waals surface area contributed by atoms with Gasteiger partial charge in [0.2, 0.25) is 5.91 Å². The number of hydrogen-bond donors (Lipinski definition) is 1. The molecule has 4 rings (SSSR count). The number of aromatic nitrogens is 1. The van der Waals surface area contributed by atoms with E-state index >= 15 is 0 Å². The van der Waals surface area contributed by atoms with Gasteiger partial charge in [-0.3, -0.25) is 19.7 Å². The summed E-state index contributed by atoms with van der Waals surface area (Å²) in [6.07, 6.45) is 2.52. The van der Waals surface area contributed by atoms with Gasteiger partial charge in [0.1, 0.15) is 0 Å². The quantitative estimate of drug-likeness (QED) is 0.620. The molecule has 0 saturated carbocycles. The van der Waals surface area contributed by atoms with E-state index < -0.39 is 0 Å². The first-order chi connectivity index (χ1) is 15.5. The highest BCUT2D eigenvalue weighted by Crippen LogP contribution is 2.18. The number of anilines is 1. The van der Waals surface area contributed by atoms with E-state index in [1.807, 2.05) is 24.3 Å². The van der Waals surface area contributed by atoms with Crippen molar-refractivity contribution in [1.29, 1.82) is 0 Å². The molecule has 9 heteroatoms. The monoisotopic (exact) mass is 452 g/mol. The fraction of sp³-hybridized carbons (Fsp3) is 0.304. The van der Waals surface area contributed by atoms with Gasteiger partial charge >= 0.3 is 0 Å². The van der Waals surface area contributed by atoms with Crippen molar-refractivity contribution < 1.29 is 18.8 Å². The molecule has 3 aromatic rings. The van der Waals surface area contributed by atoms with Gasteiger partial charge in [0, 0.05) is 37.1 Å². The van der Waals surface area contributed by atoms with Crippen molar-refractivity contribution in [2.24, 2.45) is 0 Å². The van der Waals surface area contributed by atoms with Crippen LogP contribution in [0.3, 0.4) is 0 Å². The Balaban J connectivity index is 1.27. The van der Waals surface area contributed by atoms with Crippen LogP contribution < -0.4 is 5.32 Å². The van der Waals surface area contributed by atoms with Crippen molar-refractivity contribution in [1.82, 2.24) is 14.8 Å². The van der Waals surface area contributed by atoms with E-state index in [4.69, 9.17) is 4.42 Å². The van der Waals surface area contributed by atoms with Gasteiger partial charge in [-0.15, -0.1) is 11.3 Å². The van der Waals surface area contributed by atoms with Crippen LogP contribution in [0.5, 0.6) is 0 Å². The predicted molar refractivity (Wildman–Crippen MR) is 121 cm³/mol. The number of nitrogens with zero attached hydrogens (tertiary/aromatic N) is 3. The van der Waals surface area contributed by atoms with Crippen LogP contribution in [0.25, 0.3) is 0 Å². The maximum absolute atomic E-state index is 12.7. The molecule has 0 atom stereocenters. The highest BCUT2D eigenvalue weighted by molar-refractivity contribution is 7.14. The number of aryl methyl sites for hydroxylation is 1. The number of nitrogens with one attached hydrogen (secondary N) is 1.